The van der Waals surface area contributed by atoms with Crippen molar-refractivity contribution in [3.8, 4) is 0 Å². The van der Waals surface area contributed by atoms with Crippen LogP contribution in [-0.2, 0) is 11.7 Å². The smallest absolute Gasteiger partial charge is 0.321 e. The minimum atomic E-state index is -4.30. The Hall–Kier alpha value is -1.03. The number of halogens is 3. The molecule has 0 unspecified atom stereocenters. The molecule has 0 radical (unpaired) electrons. The number of nitrogens with two attached hydrogens (primary N) is 1. The second kappa shape index (κ2) is 5.01. The molecule has 0 saturated heterocycles. The van der Waals surface area contributed by atoms with Crippen molar-refractivity contribution < 1.29 is 13.2 Å². The van der Waals surface area contributed by atoms with E-state index in [9.17, 15) is 13.2 Å². The zero-order chi connectivity index (χ0) is 15.1. The molecule has 1 nitrogen and oxygen atoms in total. The van der Waals surface area contributed by atoms with E-state index in [-0.39, 0.29) is 0 Å². The zero-order valence-electron chi connectivity index (χ0n) is 12.2. The van der Waals surface area contributed by atoms with E-state index in [1.165, 1.54) is 50.7 Å². The van der Waals surface area contributed by atoms with Crippen LogP contribution in [0.1, 0.15) is 62.5 Å². The SMILES string of the molecule is NC1(c2cccc(C(F)(F)F)c2)CC2(CCCCCC2)C1. The van der Waals surface area contributed by atoms with Gasteiger partial charge >= 0.3 is 6.18 Å². The van der Waals surface area contributed by atoms with Gasteiger partial charge in [-0.2, -0.15) is 13.2 Å². The van der Waals surface area contributed by atoms with Crippen molar-refractivity contribution in [3.05, 3.63) is 35.4 Å². The summed E-state index contributed by atoms with van der Waals surface area (Å²) in [5, 5.41) is 0. The molecule has 0 aromatic heterocycles. The summed E-state index contributed by atoms with van der Waals surface area (Å²) in [4.78, 5) is 0. The van der Waals surface area contributed by atoms with Crippen molar-refractivity contribution in [2.75, 3.05) is 0 Å². The second-order valence-electron chi connectivity index (χ2n) is 7.00. The van der Waals surface area contributed by atoms with E-state index in [1.807, 2.05) is 0 Å². The van der Waals surface area contributed by atoms with Crippen molar-refractivity contribution in [2.45, 2.75) is 63.1 Å². The fourth-order valence-electron chi connectivity index (χ4n) is 4.33. The van der Waals surface area contributed by atoms with Crippen LogP contribution in [0.4, 0.5) is 13.2 Å². The molecule has 2 fully saturated rings. The highest BCUT2D eigenvalue weighted by atomic mass is 19.4. The molecule has 0 bridgehead atoms. The summed E-state index contributed by atoms with van der Waals surface area (Å²) in [7, 11) is 0. The predicted octanol–water partition coefficient (Wildman–Crippen LogP) is 4.99. The Morgan fingerprint density at radius 1 is 0.952 bits per heavy atom. The van der Waals surface area contributed by atoms with Gasteiger partial charge in [0.2, 0.25) is 0 Å². The Labute approximate surface area is 123 Å². The van der Waals surface area contributed by atoms with E-state index >= 15 is 0 Å². The third kappa shape index (κ3) is 2.83. The Morgan fingerprint density at radius 2 is 1.57 bits per heavy atom. The van der Waals surface area contributed by atoms with Crippen molar-refractivity contribution in [1.29, 1.82) is 0 Å². The molecule has 2 saturated carbocycles. The number of alkyl halides is 3. The first-order valence-electron chi connectivity index (χ1n) is 7.80. The van der Waals surface area contributed by atoms with E-state index in [0.717, 1.165) is 18.9 Å². The Kier molecular flexibility index (Phi) is 3.55. The lowest BCUT2D eigenvalue weighted by Gasteiger charge is -2.55. The van der Waals surface area contributed by atoms with Crippen molar-refractivity contribution >= 4 is 0 Å². The maximum atomic E-state index is 12.8. The van der Waals surface area contributed by atoms with Crippen LogP contribution in [0.2, 0.25) is 0 Å². The van der Waals surface area contributed by atoms with Gasteiger partial charge in [-0.1, -0.05) is 37.8 Å². The highest BCUT2D eigenvalue weighted by Crippen LogP contribution is 2.58. The third-order valence-corrected chi connectivity index (χ3v) is 5.31. The standard InChI is InChI=1S/C17H22F3N/c18-17(19,20)14-7-5-6-13(10-14)16(21)11-15(12-16)8-3-1-2-4-9-15/h5-7,10H,1-4,8-9,11-12,21H2. The summed E-state index contributed by atoms with van der Waals surface area (Å²) >= 11 is 0. The molecule has 1 spiro atoms. The van der Waals surface area contributed by atoms with Gasteiger partial charge in [0.05, 0.1) is 5.56 Å². The molecule has 0 amide bonds. The van der Waals surface area contributed by atoms with Crippen LogP contribution in [0, 0.1) is 5.41 Å². The molecule has 2 aliphatic carbocycles. The Bertz CT molecular complexity index is 505. The quantitative estimate of drug-likeness (QED) is 0.776. The lowest BCUT2D eigenvalue weighted by molar-refractivity contribution is -0.137. The average molecular weight is 297 g/mol. The molecule has 0 heterocycles. The first-order chi connectivity index (χ1) is 9.83. The van der Waals surface area contributed by atoms with E-state index in [0.29, 0.717) is 11.0 Å². The minimum Gasteiger partial charge on any atom is -0.321 e. The summed E-state index contributed by atoms with van der Waals surface area (Å²) < 4.78 is 38.5. The molecule has 0 aliphatic heterocycles. The van der Waals surface area contributed by atoms with Crippen LogP contribution in [0.15, 0.2) is 24.3 Å². The molecule has 3 rings (SSSR count). The first kappa shape index (κ1) is 14.9. The van der Waals surface area contributed by atoms with E-state index in [1.54, 1.807) is 6.07 Å². The maximum absolute atomic E-state index is 12.8. The van der Waals surface area contributed by atoms with Gasteiger partial charge in [-0.15, -0.1) is 0 Å². The molecule has 4 heteroatoms. The molecule has 0 atom stereocenters. The Morgan fingerprint density at radius 3 is 2.14 bits per heavy atom. The van der Waals surface area contributed by atoms with Gasteiger partial charge in [0.15, 0.2) is 0 Å². The number of rotatable bonds is 1. The molecule has 1 aromatic carbocycles. The highest BCUT2D eigenvalue weighted by Gasteiger charge is 2.52. The van der Waals surface area contributed by atoms with Crippen LogP contribution >= 0.6 is 0 Å². The summed E-state index contributed by atoms with van der Waals surface area (Å²) in [6, 6.07) is 5.58. The molecule has 1 aromatic rings. The van der Waals surface area contributed by atoms with E-state index in [4.69, 9.17) is 5.73 Å². The topological polar surface area (TPSA) is 26.0 Å². The number of hydrogen-bond acceptors (Lipinski definition) is 1. The monoisotopic (exact) mass is 297 g/mol. The second-order valence-corrected chi connectivity index (χ2v) is 7.00. The molecular weight excluding hydrogens is 275 g/mol. The minimum absolute atomic E-state index is 0.291. The van der Waals surface area contributed by atoms with Gasteiger partial charge in [0.25, 0.3) is 0 Å². The lowest BCUT2D eigenvalue weighted by Crippen LogP contribution is -2.55. The van der Waals surface area contributed by atoms with Gasteiger partial charge in [-0.3, -0.25) is 0 Å². The molecule has 2 N–H and O–H groups in total. The molecule has 2 aliphatic rings. The van der Waals surface area contributed by atoms with Crippen LogP contribution < -0.4 is 5.73 Å². The fourth-order valence-corrected chi connectivity index (χ4v) is 4.33. The van der Waals surface area contributed by atoms with Gasteiger partial charge in [-0.05, 0) is 48.8 Å². The molecular formula is C17H22F3N. The van der Waals surface area contributed by atoms with Crippen molar-refractivity contribution in [2.24, 2.45) is 11.1 Å². The van der Waals surface area contributed by atoms with Crippen LogP contribution in [0.25, 0.3) is 0 Å². The largest absolute Gasteiger partial charge is 0.416 e. The summed E-state index contributed by atoms with van der Waals surface area (Å²) in [5.41, 5.74) is 6.21. The van der Waals surface area contributed by atoms with Crippen LogP contribution in [0.3, 0.4) is 0 Å². The third-order valence-electron chi connectivity index (χ3n) is 5.31. The maximum Gasteiger partial charge on any atom is 0.416 e. The average Bonchev–Trinajstić information content (AvgIpc) is 2.63. The zero-order valence-corrected chi connectivity index (χ0v) is 12.2. The lowest BCUT2D eigenvalue weighted by atomic mass is 9.52. The van der Waals surface area contributed by atoms with E-state index < -0.39 is 17.3 Å². The van der Waals surface area contributed by atoms with Crippen molar-refractivity contribution in [1.82, 2.24) is 0 Å². The van der Waals surface area contributed by atoms with E-state index in [2.05, 4.69) is 0 Å². The molecule has 21 heavy (non-hydrogen) atoms. The van der Waals surface area contributed by atoms with Gasteiger partial charge < -0.3 is 5.73 Å². The number of benzene rings is 1. The van der Waals surface area contributed by atoms with Gasteiger partial charge in [0.1, 0.15) is 0 Å². The first-order valence-corrected chi connectivity index (χ1v) is 7.80. The number of hydrogen-bond donors (Lipinski definition) is 1. The van der Waals surface area contributed by atoms with Crippen molar-refractivity contribution in [3.63, 3.8) is 0 Å². The van der Waals surface area contributed by atoms with Gasteiger partial charge in [-0.25, -0.2) is 0 Å². The fraction of sp³-hybridized carbons (Fsp3) is 0.647. The van der Waals surface area contributed by atoms with Crippen LogP contribution in [0.5, 0.6) is 0 Å². The normalized spacial score (nSPS) is 24.4. The summed E-state index contributed by atoms with van der Waals surface area (Å²) in [5.74, 6) is 0. The van der Waals surface area contributed by atoms with Gasteiger partial charge in [0, 0.05) is 5.54 Å². The van der Waals surface area contributed by atoms with Crippen LogP contribution in [-0.4, -0.2) is 0 Å². The Balaban J connectivity index is 1.79. The summed E-state index contributed by atoms with van der Waals surface area (Å²) in [6.45, 7) is 0. The molecule has 116 valence electrons. The highest BCUT2D eigenvalue weighted by molar-refractivity contribution is 5.34. The predicted molar refractivity (Wildman–Crippen MR) is 76.7 cm³/mol. The summed E-state index contributed by atoms with van der Waals surface area (Å²) in [6.07, 6.45) is 4.78.